The van der Waals surface area contributed by atoms with Gasteiger partial charge in [0.05, 0.1) is 0 Å². The van der Waals surface area contributed by atoms with E-state index in [2.05, 4.69) is 10.1 Å². The van der Waals surface area contributed by atoms with Gasteiger partial charge in [-0.3, -0.25) is 4.79 Å². The third-order valence-electron chi connectivity index (χ3n) is 2.20. The van der Waals surface area contributed by atoms with Gasteiger partial charge in [-0.15, -0.1) is 5.10 Å². The highest BCUT2D eigenvalue weighted by Crippen LogP contribution is 2.11. The molecule has 0 aliphatic carbocycles. The van der Waals surface area contributed by atoms with Crippen LogP contribution < -0.4 is 11.5 Å². The predicted octanol–water partition coefficient (Wildman–Crippen LogP) is 0.257. The Morgan fingerprint density at radius 2 is 2.25 bits per heavy atom. The summed E-state index contributed by atoms with van der Waals surface area (Å²) in [7, 11) is 0. The molecule has 0 saturated carbocycles. The Bertz CT molecular complexity index is 526. The van der Waals surface area contributed by atoms with Gasteiger partial charge in [0.1, 0.15) is 5.82 Å². The number of nitrogens with zero attached hydrogens (tertiary/aromatic N) is 3. The normalized spacial score (nSPS) is 10.3. The number of carbonyl (C=O) groups excluding carboxylic acids is 1. The van der Waals surface area contributed by atoms with Crippen LogP contribution in [0.4, 0.5) is 5.82 Å². The zero-order chi connectivity index (χ0) is 11.7. The van der Waals surface area contributed by atoms with Gasteiger partial charge in [0, 0.05) is 23.5 Å². The number of aryl methyl sites for hydroxylation is 1. The van der Waals surface area contributed by atoms with E-state index in [1.165, 1.54) is 10.9 Å². The summed E-state index contributed by atoms with van der Waals surface area (Å²) in [5, 5.41) is 4.06. The number of amides is 1. The van der Waals surface area contributed by atoms with Crippen LogP contribution >= 0.6 is 0 Å². The third-order valence-corrected chi connectivity index (χ3v) is 2.20. The monoisotopic (exact) mass is 217 g/mol. The van der Waals surface area contributed by atoms with Gasteiger partial charge in [0.15, 0.2) is 5.82 Å². The van der Waals surface area contributed by atoms with Gasteiger partial charge in [0.25, 0.3) is 0 Å². The number of primary amides is 1. The molecule has 16 heavy (non-hydrogen) atoms. The maximum absolute atomic E-state index is 11.0. The van der Waals surface area contributed by atoms with Gasteiger partial charge in [-0.25, -0.2) is 9.67 Å². The lowest BCUT2D eigenvalue weighted by Crippen LogP contribution is -2.12. The highest BCUT2D eigenvalue weighted by molar-refractivity contribution is 5.93. The SMILES string of the molecule is Cc1cn(-c2cc(C(N)=O)ccn2)nc1N. The first-order chi connectivity index (χ1) is 7.58. The molecule has 2 aromatic rings. The Morgan fingerprint density at radius 1 is 1.50 bits per heavy atom. The van der Waals surface area contributed by atoms with Crippen LogP contribution in [0.1, 0.15) is 15.9 Å². The minimum atomic E-state index is -0.500. The molecular formula is C10H11N5O. The molecule has 0 saturated heterocycles. The van der Waals surface area contributed by atoms with E-state index in [0.717, 1.165) is 5.56 Å². The van der Waals surface area contributed by atoms with Crippen LogP contribution in [0.15, 0.2) is 24.5 Å². The molecule has 0 unspecified atom stereocenters. The predicted molar refractivity (Wildman–Crippen MR) is 59.0 cm³/mol. The van der Waals surface area contributed by atoms with E-state index in [4.69, 9.17) is 11.5 Å². The van der Waals surface area contributed by atoms with Gasteiger partial charge in [-0.05, 0) is 19.1 Å². The lowest BCUT2D eigenvalue weighted by molar-refractivity contribution is 0.1000. The van der Waals surface area contributed by atoms with Gasteiger partial charge in [0.2, 0.25) is 5.91 Å². The lowest BCUT2D eigenvalue weighted by Gasteiger charge is -2.01. The molecule has 0 aliphatic rings. The first kappa shape index (κ1) is 10.2. The minimum absolute atomic E-state index is 0.386. The Balaban J connectivity index is 2.48. The Hall–Kier alpha value is -2.37. The fourth-order valence-corrected chi connectivity index (χ4v) is 1.29. The number of nitrogens with two attached hydrogens (primary N) is 2. The molecule has 6 nitrogen and oxygen atoms in total. The van der Waals surface area contributed by atoms with Crippen LogP contribution in [-0.2, 0) is 0 Å². The van der Waals surface area contributed by atoms with Crippen molar-refractivity contribution in [1.29, 1.82) is 0 Å². The number of pyridine rings is 1. The fraction of sp³-hybridized carbons (Fsp3) is 0.100. The molecule has 1 amide bonds. The first-order valence-electron chi connectivity index (χ1n) is 4.66. The van der Waals surface area contributed by atoms with Crippen molar-refractivity contribution < 1.29 is 4.79 Å². The van der Waals surface area contributed by atoms with Crippen LogP contribution in [0.25, 0.3) is 5.82 Å². The van der Waals surface area contributed by atoms with Crippen LogP contribution in [0, 0.1) is 6.92 Å². The number of hydrogen-bond acceptors (Lipinski definition) is 4. The molecule has 0 radical (unpaired) electrons. The van der Waals surface area contributed by atoms with Crippen molar-refractivity contribution in [3.63, 3.8) is 0 Å². The second-order valence-electron chi connectivity index (χ2n) is 3.41. The zero-order valence-electron chi connectivity index (χ0n) is 8.71. The summed E-state index contributed by atoms with van der Waals surface area (Å²) >= 11 is 0. The molecule has 0 bridgehead atoms. The summed E-state index contributed by atoms with van der Waals surface area (Å²) in [5.74, 6) is 0.447. The fourth-order valence-electron chi connectivity index (χ4n) is 1.29. The van der Waals surface area contributed by atoms with Crippen LogP contribution in [0.2, 0.25) is 0 Å². The molecule has 0 aliphatic heterocycles. The average Bonchev–Trinajstić information content (AvgIpc) is 2.59. The lowest BCUT2D eigenvalue weighted by atomic mass is 10.2. The maximum Gasteiger partial charge on any atom is 0.248 e. The smallest absolute Gasteiger partial charge is 0.248 e. The quantitative estimate of drug-likeness (QED) is 0.753. The van der Waals surface area contributed by atoms with Crippen LogP contribution in [0.3, 0.4) is 0 Å². The van der Waals surface area contributed by atoms with E-state index >= 15 is 0 Å². The molecule has 0 aromatic carbocycles. The summed E-state index contributed by atoms with van der Waals surface area (Å²) in [5.41, 5.74) is 12.0. The number of nitrogen functional groups attached to an aromatic ring is 1. The molecule has 82 valence electrons. The molecular weight excluding hydrogens is 206 g/mol. The first-order valence-corrected chi connectivity index (χ1v) is 4.66. The van der Waals surface area contributed by atoms with Crippen molar-refractivity contribution in [2.75, 3.05) is 5.73 Å². The molecule has 4 N–H and O–H groups in total. The summed E-state index contributed by atoms with van der Waals surface area (Å²) in [6.45, 7) is 1.84. The molecule has 2 rings (SSSR count). The number of hydrogen-bond donors (Lipinski definition) is 2. The largest absolute Gasteiger partial charge is 0.382 e. The van der Waals surface area contributed by atoms with Crippen molar-refractivity contribution in [2.45, 2.75) is 6.92 Å². The van der Waals surface area contributed by atoms with Crippen molar-refractivity contribution in [3.05, 3.63) is 35.7 Å². The Morgan fingerprint density at radius 3 is 2.81 bits per heavy atom. The topological polar surface area (TPSA) is 99.8 Å². The van der Waals surface area contributed by atoms with Crippen molar-refractivity contribution in [3.8, 4) is 5.82 Å². The van der Waals surface area contributed by atoms with Crippen LogP contribution in [-0.4, -0.2) is 20.7 Å². The number of rotatable bonds is 2. The summed E-state index contributed by atoms with van der Waals surface area (Å²) in [6.07, 6.45) is 3.24. The molecule has 0 spiro atoms. The molecule has 0 fully saturated rings. The van der Waals surface area contributed by atoms with E-state index in [-0.39, 0.29) is 0 Å². The van der Waals surface area contributed by atoms with E-state index in [1.807, 2.05) is 6.92 Å². The standard InChI is InChI=1S/C10H11N5O/c1-6-5-15(14-9(6)11)8-4-7(10(12)16)2-3-13-8/h2-5H,1H3,(H2,11,14)(H2,12,16). The van der Waals surface area contributed by atoms with E-state index in [0.29, 0.717) is 17.2 Å². The zero-order valence-corrected chi connectivity index (χ0v) is 8.71. The van der Waals surface area contributed by atoms with Gasteiger partial charge in [-0.2, -0.15) is 0 Å². The summed E-state index contributed by atoms with van der Waals surface area (Å²) < 4.78 is 1.51. The highest BCUT2D eigenvalue weighted by atomic mass is 16.1. The number of aromatic nitrogens is 3. The van der Waals surface area contributed by atoms with Crippen molar-refractivity contribution >= 4 is 11.7 Å². The molecule has 2 heterocycles. The van der Waals surface area contributed by atoms with E-state index < -0.39 is 5.91 Å². The molecule has 0 atom stereocenters. The number of anilines is 1. The summed E-state index contributed by atoms with van der Waals surface area (Å²) in [4.78, 5) is 15.1. The van der Waals surface area contributed by atoms with Crippen molar-refractivity contribution in [2.24, 2.45) is 5.73 Å². The van der Waals surface area contributed by atoms with Gasteiger partial charge in [-0.1, -0.05) is 0 Å². The van der Waals surface area contributed by atoms with Gasteiger partial charge >= 0.3 is 0 Å². The summed E-state index contributed by atoms with van der Waals surface area (Å²) in [6, 6.07) is 3.11. The third kappa shape index (κ3) is 1.72. The Labute approximate surface area is 91.9 Å². The minimum Gasteiger partial charge on any atom is -0.382 e. The molecule has 6 heteroatoms. The molecule has 2 aromatic heterocycles. The average molecular weight is 217 g/mol. The van der Waals surface area contributed by atoms with E-state index in [9.17, 15) is 4.79 Å². The second-order valence-corrected chi connectivity index (χ2v) is 3.41. The highest BCUT2D eigenvalue weighted by Gasteiger charge is 2.06. The second kappa shape index (κ2) is 3.65. The maximum atomic E-state index is 11.0. The Kier molecular flexibility index (Phi) is 2.32. The van der Waals surface area contributed by atoms with E-state index in [1.54, 1.807) is 18.3 Å². The van der Waals surface area contributed by atoms with Gasteiger partial charge < -0.3 is 11.5 Å². The van der Waals surface area contributed by atoms with Crippen LogP contribution in [0.5, 0.6) is 0 Å². The van der Waals surface area contributed by atoms with Crippen molar-refractivity contribution in [1.82, 2.24) is 14.8 Å². The number of carbonyl (C=O) groups is 1.